The summed E-state index contributed by atoms with van der Waals surface area (Å²) < 4.78 is 4.98. The van der Waals surface area contributed by atoms with E-state index in [1.54, 1.807) is 13.0 Å². The number of benzene rings is 1. The predicted molar refractivity (Wildman–Crippen MR) is 89.4 cm³/mol. The lowest BCUT2D eigenvalue weighted by atomic mass is 10.1. The van der Waals surface area contributed by atoms with Crippen LogP contribution < -0.4 is 5.32 Å². The Kier molecular flexibility index (Phi) is 5.27. The molecule has 1 aliphatic heterocycles. The highest BCUT2D eigenvalue weighted by molar-refractivity contribution is 5.91. The van der Waals surface area contributed by atoms with Crippen LogP contribution in [0.3, 0.4) is 0 Å². The van der Waals surface area contributed by atoms with Gasteiger partial charge in [-0.3, -0.25) is 9.69 Å². The Labute approximate surface area is 141 Å². The lowest BCUT2D eigenvalue weighted by Crippen LogP contribution is -2.32. The van der Waals surface area contributed by atoms with Gasteiger partial charge in [-0.1, -0.05) is 29.4 Å². The smallest absolute Gasteiger partial charge is 0.290 e. The molecule has 0 bridgehead atoms. The van der Waals surface area contributed by atoms with E-state index in [9.17, 15) is 9.90 Å². The highest BCUT2D eigenvalue weighted by atomic mass is 16.5. The Hall–Kier alpha value is -2.18. The fraction of sp³-hybridized carbons (Fsp3) is 0.444. The van der Waals surface area contributed by atoms with Crippen LogP contribution in [0.2, 0.25) is 0 Å². The Balaban J connectivity index is 1.64. The lowest BCUT2D eigenvalue weighted by Gasteiger charge is -2.24. The third-order valence-electron chi connectivity index (χ3n) is 4.49. The predicted octanol–water partition coefficient (Wildman–Crippen LogP) is 1.87. The van der Waals surface area contributed by atoms with Crippen molar-refractivity contribution < 1.29 is 14.4 Å². The van der Waals surface area contributed by atoms with Gasteiger partial charge >= 0.3 is 0 Å². The molecular formula is C18H23N3O3. The Morgan fingerprint density at radius 2 is 2.21 bits per heavy atom. The van der Waals surface area contributed by atoms with E-state index in [4.69, 9.17) is 4.52 Å². The maximum atomic E-state index is 12.1. The maximum absolute atomic E-state index is 12.1. The van der Waals surface area contributed by atoms with Gasteiger partial charge in [0.2, 0.25) is 5.76 Å². The van der Waals surface area contributed by atoms with Gasteiger partial charge in [-0.2, -0.15) is 0 Å². The number of hydrogen-bond donors (Lipinski definition) is 2. The van der Waals surface area contributed by atoms with E-state index >= 15 is 0 Å². The first-order valence-corrected chi connectivity index (χ1v) is 8.30. The highest BCUT2D eigenvalue weighted by Gasteiger charge is 2.24. The van der Waals surface area contributed by atoms with E-state index in [-0.39, 0.29) is 24.3 Å². The molecule has 2 aromatic rings. The molecule has 0 unspecified atom stereocenters. The summed E-state index contributed by atoms with van der Waals surface area (Å²) in [6, 6.07) is 9.93. The standard InChI is InChI=1S/C18H23N3O3/c1-13-9-17(24-20-13)18(23)19-10-14-5-2-3-6-15(14)11-21-8-4-7-16(21)12-22/h2-3,5-6,9,16,22H,4,7-8,10-12H2,1H3,(H,19,23)/t16-/m0/s1. The summed E-state index contributed by atoms with van der Waals surface area (Å²) in [6.07, 6.45) is 2.16. The van der Waals surface area contributed by atoms with Crippen molar-refractivity contribution in [1.82, 2.24) is 15.4 Å². The molecule has 0 saturated carbocycles. The Morgan fingerprint density at radius 3 is 2.92 bits per heavy atom. The van der Waals surface area contributed by atoms with Crippen LogP contribution in [0.15, 0.2) is 34.9 Å². The maximum Gasteiger partial charge on any atom is 0.290 e. The van der Waals surface area contributed by atoms with Crippen LogP contribution in [0, 0.1) is 6.92 Å². The van der Waals surface area contributed by atoms with Crippen LogP contribution in [-0.2, 0) is 13.1 Å². The molecule has 0 aliphatic carbocycles. The summed E-state index contributed by atoms with van der Waals surface area (Å²) in [5, 5.41) is 16.1. The number of carbonyl (C=O) groups excluding carboxylic acids is 1. The molecule has 1 atom stereocenters. The number of amides is 1. The quantitative estimate of drug-likeness (QED) is 0.846. The van der Waals surface area contributed by atoms with Gasteiger partial charge < -0.3 is 14.9 Å². The van der Waals surface area contributed by atoms with Crippen molar-refractivity contribution in [3.05, 3.63) is 52.9 Å². The number of nitrogens with zero attached hydrogens (tertiary/aromatic N) is 2. The molecule has 2 N–H and O–H groups in total. The van der Waals surface area contributed by atoms with Gasteiger partial charge in [-0.25, -0.2) is 0 Å². The third-order valence-corrected chi connectivity index (χ3v) is 4.49. The summed E-state index contributed by atoms with van der Waals surface area (Å²) in [7, 11) is 0. The van der Waals surface area contributed by atoms with Crippen LogP contribution in [0.1, 0.15) is 40.2 Å². The molecule has 1 aliphatic rings. The molecule has 2 heterocycles. The van der Waals surface area contributed by atoms with Crippen molar-refractivity contribution in [2.45, 2.75) is 38.9 Å². The minimum Gasteiger partial charge on any atom is -0.395 e. The fourth-order valence-electron chi connectivity index (χ4n) is 3.15. The summed E-state index contributed by atoms with van der Waals surface area (Å²) >= 11 is 0. The average Bonchev–Trinajstić information content (AvgIpc) is 3.22. The number of hydrogen-bond acceptors (Lipinski definition) is 5. The van der Waals surface area contributed by atoms with Gasteiger partial charge in [0.1, 0.15) is 0 Å². The first kappa shape index (κ1) is 16.7. The minimum atomic E-state index is -0.264. The van der Waals surface area contributed by atoms with E-state index in [0.29, 0.717) is 12.2 Å². The number of carbonyl (C=O) groups is 1. The number of nitrogens with one attached hydrogen (secondary N) is 1. The first-order chi connectivity index (χ1) is 11.7. The van der Waals surface area contributed by atoms with Crippen LogP contribution >= 0.6 is 0 Å². The van der Waals surface area contributed by atoms with Crippen LogP contribution in [0.4, 0.5) is 0 Å². The van der Waals surface area contributed by atoms with E-state index in [0.717, 1.165) is 31.5 Å². The number of aliphatic hydroxyl groups is 1. The van der Waals surface area contributed by atoms with E-state index in [1.165, 1.54) is 5.56 Å². The van der Waals surface area contributed by atoms with Crippen LogP contribution in [0.5, 0.6) is 0 Å². The summed E-state index contributed by atoms with van der Waals surface area (Å²) in [6.45, 7) is 4.21. The SMILES string of the molecule is Cc1cc(C(=O)NCc2ccccc2CN2CCC[C@H]2CO)on1. The molecule has 6 nitrogen and oxygen atoms in total. The van der Waals surface area contributed by atoms with Gasteiger partial charge in [-0.05, 0) is 37.4 Å². The molecule has 6 heteroatoms. The second kappa shape index (κ2) is 7.59. The van der Waals surface area contributed by atoms with Crippen LogP contribution in [0.25, 0.3) is 0 Å². The number of likely N-dealkylation sites (tertiary alicyclic amines) is 1. The molecule has 0 radical (unpaired) electrons. The first-order valence-electron chi connectivity index (χ1n) is 8.30. The van der Waals surface area contributed by atoms with E-state index < -0.39 is 0 Å². The topological polar surface area (TPSA) is 78.6 Å². The van der Waals surface area contributed by atoms with Crippen molar-refractivity contribution in [3.63, 3.8) is 0 Å². The molecule has 3 rings (SSSR count). The Bertz CT molecular complexity index is 698. The molecule has 1 aromatic heterocycles. The van der Waals surface area contributed by atoms with Gasteiger partial charge in [0.25, 0.3) is 5.91 Å². The van der Waals surface area contributed by atoms with Crippen molar-refractivity contribution in [2.24, 2.45) is 0 Å². The largest absolute Gasteiger partial charge is 0.395 e. The zero-order valence-electron chi connectivity index (χ0n) is 13.9. The number of rotatable bonds is 6. The second-order valence-electron chi connectivity index (χ2n) is 6.23. The molecule has 0 spiro atoms. The molecule has 24 heavy (non-hydrogen) atoms. The minimum absolute atomic E-state index is 0.198. The van der Waals surface area contributed by atoms with Crippen molar-refractivity contribution in [3.8, 4) is 0 Å². The molecule has 128 valence electrons. The number of aryl methyl sites for hydroxylation is 1. The summed E-state index contributed by atoms with van der Waals surface area (Å²) in [5.74, 6) is -0.0373. The molecule has 1 fully saturated rings. The van der Waals surface area contributed by atoms with Gasteiger partial charge in [0.15, 0.2) is 0 Å². The van der Waals surface area contributed by atoms with Crippen molar-refractivity contribution in [1.29, 1.82) is 0 Å². The molecular weight excluding hydrogens is 306 g/mol. The highest BCUT2D eigenvalue weighted by Crippen LogP contribution is 2.21. The second-order valence-corrected chi connectivity index (χ2v) is 6.23. The molecule has 1 amide bonds. The van der Waals surface area contributed by atoms with Crippen LogP contribution in [-0.4, -0.2) is 40.3 Å². The van der Waals surface area contributed by atoms with Crippen molar-refractivity contribution >= 4 is 5.91 Å². The molecule has 1 saturated heterocycles. The van der Waals surface area contributed by atoms with Gasteiger partial charge in [-0.15, -0.1) is 0 Å². The summed E-state index contributed by atoms with van der Waals surface area (Å²) in [4.78, 5) is 14.4. The van der Waals surface area contributed by atoms with Crippen molar-refractivity contribution in [2.75, 3.05) is 13.2 Å². The van der Waals surface area contributed by atoms with E-state index in [2.05, 4.69) is 21.4 Å². The zero-order valence-corrected chi connectivity index (χ0v) is 13.9. The summed E-state index contributed by atoms with van der Waals surface area (Å²) in [5.41, 5.74) is 2.93. The number of aromatic nitrogens is 1. The number of aliphatic hydroxyl groups excluding tert-OH is 1. The molecule has 1 aromatic carbocycles. The van der Waals surface area contributed by atoms with Gasteiger partial charge in [0.05, 0.1) is 12.3 Å². The monoisotopic (exact) mass is 329 g/mol. The van der Waals surface area contributed by atoms with E-state index in [1.807, 2.05) is 18.2 Å². The average molecular weight is 329 g/mol. The fourth-order valence-corrected chi connectivity index (χ4v) is 3.15. The lowest BCUT2D eigenvalue weighted by molar-refractivity contribution is 0.0913. The zero-order chi connectivity index (χ0) is 16.9. The Morgan fingerprint density at radius 1 is 1.42 bits per heavy atom. The van der Waals surface area contributed by atoms with Gasteiger partial charge in [0, 0.05) is 25.2 Å². The third kappa shape index (κ3) is 3.83. The normalized spacial score (nSPS) is 18.0.